The summed E-state index contributed by atoms with van der Waals surface area (Å²) in [6.45, 7) is 8.48. The third-order valence-corrected chi connectivity index (χ3v) is 4.16. The lowest BCUT2D eigenvalue weighted by Crippen LogP contribution is -2.49. The topological polar surface area (TPSA) is 35.6 Å². The number of benzene rings is 1. The lowest BCUT2D eigenvalue weighted by molar-refractivity contribution is 0.178. The van der Waals surface area contributed by atoms with Gasteiger partial charge in [-0.05, 0) is 25.0 Å². The Bertz CT molecular complexity index is 500. The molecule has 2 aliphatic heterocycles. The number of aryl methyl sites for hydroxylation is 2. The summed E-state index contributed by atoms with van der Waals surface area (Å²) in [5, 5.41) is 3.36. The largest absolute Gasteiger partial charge is 0.320 e. The van der Waals surface area contributed by atoms with Crippen molar-refractivity contribution in [3.05, 3.63) is 34.9 Å². The predicted octanol–water partition coefficient (Wildman–Crippen LogP) is 1.51. The van der Waals surface area contributed by atoms with Crippen LogP contribution in [0.1, 0.15) is 16.7 Å². The summed E-state index contributed by atoms with van der Waals surface area (Å²) < 4.78 is 0. The monoisotopic (exact) mass is 259 g/mol. The normalized spacial score (nSPS) is 22.8. The van der Waals surface area contributed by atoms with E-state index in [1.807, 2.05) is 9.80 Å². The Hall–Kier alpha value is -1.55. The molecule has 19 heavy (non-hydrogen) atoms. The Morgan fingerprint density at radius 3 is 3.00 bits per heavy atom. The molecule has 0 bridgehead atoms. The molecule has 1 aromatic carbocycles. The van der Waals surface area contributed by atoms with Crippen molar-refractivity contribution in [2.75, 3.05) is 26.2 Å². The molecule has 2 saturated heterocycles. The zero-order valence-corrected chi connectivity index (χ0v) is 11.6. The Kier molecular flexibility index (Phi) is 3.19. The fourth-order valence-electron chi connectivity index (χ4n) is 3.00. The molecule has 2 heterocycles. The van der Waals surface area contributed by atoms with Gasteiger partial charge in [0.15, 0.2) is 0 Å². The van der Waals surface area contributed by atoms with Crippen LogP contribution >= 0.6 is 0 Å². The minimum atomic E-state index is 0.201. The summed E-state index contributed by atoms with van der Waals surface area (Å²) in [7, 11) is 0. The molecule has 2 aliphatic rings. The third-order valence-electron chi connectivity index (χ3n) is 4.16. The van der Waals surface area contributed by atoms with Gasteiger partial charge in [0.05, 0.1) is 6.04 Å². The number of carbonyl (C=O) groups is 1. The molecular formula is C15H21N3O. The quantitative estimate of drug-likeness (QED) is 0.874. The van der Waals surface area contributed by atoms with Crippen LogP contribution in [0.2, 0.25) is 0 Å². The molecule has 4 heteroatoms. The molecule has 2 amide bonds. The number of hydrogen-bond acceptors (Lipinski definition) is 2. The van der Waals surface area contributed by atoms with E-state index in [0.717, 1.165) is 32.7 Å². The Labute approximate surface area is 114 Å². The van der Waals surface area contributed by atoms with Crippen molar-refractivity contribution in [1.29, 1.82) is 0 Å². The first-order valence-electron chi connectivity index (χ1n) is 6.97. The standard InChI is InChI=1S/C15H21N3O/c1-11-3-4-12(2)13(7-11)9-17-10-14-8-16-5-6-18(14)15(17)19/h3-4,7,14,16H,5-6,8-10H2,1-2H3. The highest BCUT2D eigenvalue weighted by molar-refractivity contribution is 5.77. The van der Waals surface area contributed by atoms with E-state index in [0.29, 0.717) is 6.04 Å². The lowest BCUT2D eigenvalue weighted by Gasteiger charge is -2.28. The number of amides is 2. The fraction of sp³-hybridized carbons (Fsp3) is 0.533. The fourth-order valence-corrected chi connectivity index (χ4v) is 3.00. The van der Waals surface area contributed by atoms with Gasteiger partial charge in [-0.3, -0.25) is 0 Å². The SMILES string of the molecule is Cc1ccc(C)c(CN2CC3CNCCN3C2=O)c1. The molecule has 1 aromatic rings. The number of nitrogens with one attached hydrogen (secondary N) is 1. The highest BCUT2D eigenvalue weighted by Crippen LogP contribution is 2.21. The number of hydrogen-bond donors (Lipinski definition) is 1. The average molecular weight is 259 g/mol. The van der Waals surface area contributed by atoms with Crippen molar-refractivity contribution in [3.63, 3.8) is 0 Å². The molecule has 1 unspecified atom stereocenters. The van der Waals surface area contributed by atoms with Gasteiger partial charge in [0, 0.05) is 32.7 Å². The van der Waals surface area contributed by atoms with Crippen LogP contribution in [-0.2, 0) is 6.54 Å². The predicted molar refractivity (Wildman–Crippen MR) is 75.1 cm³/mol. The van der Waals surface area contributed by atoms with Gasteiger partial charge in [0.25, 0.3) is 0 Å². The number of urea groups is 1. The van der Waals surface area contributed by atoms with Gasteiger partial charge in [-0.15, -0.1) is 0 Å². The van der Waals surface area contributed by atoms with E-state index in [9.17, 15) is 4.79 Å². The number of carbonyl (C=O) groups excluding carboxylic acids is 1. The van der Waals surface area contributed by atoms with Crippen molar-refractivity contribution in [1.82, 2.24) is 15.1 Å². The van der Waals surface area contributed by atoms with Crippen LogP contribution in [0.4, 0.5) is 4.79 Å². The first kappa shape index (κ1) is 12.5. The number of rotatable bonds is 2. The van der Waals surface area contributed by atoms with Crippen LogP contribution in [-0.4, -0.2) is 48.1 Å². The van der Waals surface area contributed by atoms with Gasteiger partial charge in [0.1, 0.15) is 0 Å². The van der Waals surface area contributed by atoms with Gasteiger partial charge in [0.2, 0.25) is 0 Å². The van der Waals surface area contributed by atoms with Crippen LogP contribution in [0.3, 0.4) is 0 Å². The molecule has 0 saturated carbocycles. The van der Waals surface area contributed by atoms with E-state index in [1.54, 1.807) is 0 Å². The highest BCUT2D eigenvalue weighted by atomic mass is 16.2. The second-order valence-corrected chi connectivity index (χ2v) is 5.64. The third kappa shape index (κ3) is 2.32. The minimum Gasteiger partial charge on any atom is -0.318 e. The van der Waals surface area contributed by atoms with Crippen LogP contribution in [0.5, 0.6) is 0 Å². The summed E-state index contributed by atoms with van der Waals surface area (Å²) >= 11 is 0. The molecule has 1 atom stereocenters. The van der Waals surface area contributed by atoms with E-state index >= 15 is 0 Å². The summed E-state index contributed by atoms with van der Waals surface area (Å²) in [5.74, 6) is 0. The Morgan fingerprint density at radius 1 is 1.37 bits per heavy atom. The lowest BCUT2D eigenvalue weighted by atomic mass is 10.1. The number of nitrogens with zero attached hydrogens (tertiary/aromatic N) is 2. The first-order chi connectivity index (χ1) is 9.15. The summed E-state index contributed by atoms with van der Waals surface area (Å²) in [6, 6.07) is 7.01. The van der Waals surface area contributed by atoms with Crippen molar-refractivity contribution >= 4 is 6.03 Å². The summed E-state index contributed by atoms with van der Waals surface area (Å²) in [6.07, 6.45) is 0. The summed E-state index contributed by atoms with van der Waals surface area (Å²) in [4.78, 5) is 16.4. The summed E-state index contributed by atoms with van der Waals surface area (Å²) in [5.41, 5.74) is 3.79. The van der Waals surface area contributed by atoms with E-state index in [4.69, 9.17) is 0 Å². The second kappa shape index (κ2) is 4.85. The van der Waals surface area contributed by atoms with E-state index in [-0.39, 0.29) is 6.03 Å². The molecule has 4 nitrogen and oxygen atoms in total. The molecular weight excluding hydrogens is 238 g/mol. The molecule has 102 valence electrons. The van der Waals surface area contributed by atoms with Crippen molar-refractivity contribution < 1.29 is 4.79 Å². The second-order valence-electron chi connectivity index (χ2n) is 5.64. The molecule has 0 spiro atoms. The molecule has 1 N–H and O–H groups in total. The van der Waals surface area contributed by atoms with Crippen LogP contribution in [0.15, 0.2) is 18.2 Å². The Balaban J connectivity index is 1.76. The van der Waals surface area contributed by atoms with Gasteiger partial charge in [-0.2, -0.15) is 0 Å². The molecule has 0 aromatic heterocycles. The molecule has 0 aliphatic carbocycles. The van der Waals surface area contributed by atoms with Gasteiger partial charge >= 0.3 is 6.03 Å². The smallest absolute Gasteiger partial charge is 0.318 e. The van der Waals surface area contributed by atoms with Gasteiger partial charge in [-0.25, -0.2) is 4.79 Å². The van der Waals surface area contributed by atoms with Crippen molar-refractivity contribution in [2.24, 2.45) is 0 Å². The molecule has 0 radical (unpaired) electrons. The van der Waals surface area contributed by atoms with Crippen LogP contribution in [0, 0.1) is 13.8 Å². The van der Waals surface area contributed by atoms with Crippen LogP contribution < -0.4 is 5.32 Å². The zero-order chi connectivity index (χ0) is 13.4. The Morgan fingerprint density at radius 2 is 2.21 bits per heavy atom. The van der Waals surface area contributed by atoms with Crippen molar-refractivity contribution in [3.8, 4) is 0 Å². The molecule has 3 rings (SSSR count). The van der Waals surface area contributed by atoms with Gasteiger partial charge in [-0.1, -0.05) is 23.8 Å². The van der Waals surface area contributed by atoms with Crippen molar-refractivity contribution in [2.45, 2.75) is 26.4 Å². The van der Waals surface area contributed by atoms with Crippen LogP contribution in [0.25, 0.3) is 0 Å². The van der Waals surface area contributed by atoms with E-state index in [1.165, 1.54) is 16.7 Å². The average Bonchev–Trinajstić information content (AvgIpc) is 2.72. The van der Waals surface area contributed by atoms with E-state index in [2.05, 4.69) is 37.4 Å². The minimum absolute atomic E-state index is 0.201. The van der Waals surface area contributed by atoms with E-state index < -0.39 is 0 Å². The zero-order valence-electron chi connectivity index (χ0n) is 11.6. The molecule has 2 fully saturated rings. The maximum atomic E-state index is 12.4. The number of fused-ring (bicyclic) bond motifs is 1. The maximum absolute atomic E-state index is 12.4. The maximum Gasteiger partial charge on any atom is 0.320 e. The highest BCUT2D eigenvalue weighted by Gasteiger charge is 2.38. The number of piperazine rings is 1. The first-order valence-corrected chi connectivity index (χ1v) is 6.97. The van der Waals surface area contributed by atoms with Gasteiger partial charge < -0.3 is 15.1 Å².